The molecule has 0 bridgehead atoms. The summed E-state index contributed by atoms with van der Waals surface area (Å²) in [4.78, 5) is 0. The SMILES string of the molecule is CC1(C)c2c3c(cc4cc5ccccc5cc24)OC[n+]2cc4cc5ccccc5cc4c1c2-3.CC1(C)c2c3c(cc4cc5ccccc5cc24)OC[n+]2cc4ccccc4c1c2-3.CC1(C)c2c3c(cc4cc5ccccc5cc24)OC[n+]2cc4ccccc4c1c2-3.CC1(C)c2ccc[n+]3c2-c2c(cc4cc5ccccc5cc4c21)OC3. The van der Waals surface area contributed by atoms with Gasteiger partial charge >= 0.3 is 0 Å². The molecule has 0 saturated heterocycles. The molecule has 0 unspecified atom stereocenters. The number of nitrogens with zero attached hydrogens (tertiary/aromatic N) is 4. The second-order valence-electron chi connectivity index (χ2n) is 35.4. The Hall–Kier alpha value is -13.6. The van der Waals surface area contributed by atoms with Crippen LogP contribution in [0.5, 0.6) is 23.0 Å². The molecule has 0 radical (unpaired) electrons. The lowest BCUT2D eigenvalue weighted by atomic mass is 9.78. The number of rotatable bonds is 0. The molecule has 28 rings (SSSR count). The molecule has 0 amide bonds. The van der Waals surface area contributed by atoms with Gasteiger partial charge in [-0.05, 0) is 238 Å². The van der Waals surface area contributed by atoms with Gasteiger partial charge in [0.25, 0.3) is 26.9 Å². The van der Waals surface area contributed by atoms with E-state index >= 15 is 0 Å². The molecule has 8 aliphatic rings. The van der Waals surface area contributed by atoms with Crippen LogP contribution in [0, 0.1) is 0 Å². The van der Waals surface area contributed by atoms with E-state index in [1.807, 2.05) is 0 Å². The van der Waals surface area contributed by atoms with Crippen molar-refractivity contribution in [2.75, 3.05) is 0 Å². The van der Waals surface area contributed by atoms with Crippen molar-refractivity contribution < 1.29 is 37.2 Å². The third-order valence-corrected chi connectivity index (χ3v) is 27.5. The lowest BCUT2D eigenvalue weighted by Gasteiger charge is -2.23. The summed E-state index contributed by atoms with van der Waals surface area (Å²) in [5, 5.41) is 31.1. The Morgan fingerprint density at radius 3 is 0.793 bits per heavy atom. The Morgan fingerprint density at radius 2 is 0.457 bits per heavy atom. The number of aromatic nitrogens is 4. The smallest absolute Gasteiger partial charge is 0.292 e. The van der Waals surface area contributed by atoms with Crippen molar-refractivity contribution in [1.29, 1.82) is 0 Å². The molecule has 116 heavy (non-hydrogen) atoms. The van der Waals surface area contributed by atoms with E-state index in [9.17, 15) is 0 Å². The summed E-state index contributed by atoms with van der Waals surface area (Å²) in [6.07, 6.45) is 8.89. The maximum Gasteiger partial charge on any atom is 0.292 e. The molecule has 4 aliphatic carbocycles. The summed E-state index contributed by atoms with van der Waals surface area (Å²) in [7, 11) is 0. The summed E-state index contributed by atoms with van der Waals surface area (Å²) in [6, 6.07) is 97.5. The first-order chi connectivity index (χ1) is 56.5. The molecule has 8 heterocycles. The third kappa shape index (κ3) is 8.93. The summed E-state index contributed by atoms with van der Waals surface area (Å²) in [5.74, 6) is 4.07. The maximum absolute atomic E-state index is 6.38. The van der Waals surface area contributed by atoms with E-state index in [4.69, 9.17) is 18.9 Å². The van der Waals surface area contributed by atoms with Gasteiger partial charge in [0.05, 0.1) is 22.3 Å². The first-order valence-corrected chi connectivity index (χ1v) is 40.9. The van der Waals surface area contributed by atoms with Crippen molar-refractivity contribution in [1.82, 2.24) is 0 Å². The molecular weight excluding hydrogens is 1420 g/mol. The molecule has 0 saturated carbocycles. The molecule has 16 aromatic carbocycles. The minimum atomic E-state index is -0.140. The summed E-state index contributed by atoms with van der Waals surface area (Å²) in [6.45, 7) is 21.2. The third-order valence-electron chi connectivity index (χ3n) is 27.5. The average molecular weight is 1500 g/mol. The lowest BCUT2D eigenvalue weighted by molar-refractivity contribution is -0.717. The molecule has 0 fully saturated rings. The van der Waals surface area contributed by atoms with Gasteiger partial charge < -0.3 is 18.9 Å². The predicted octanol–water partition coefficient (Wildman–Crippen LogP) is 24.4. The highest BCUT2D eigenvalue weighted by Crippen LogP contribution is 2.62. The van der Waals surface area contributed by atoms with Gasteiger partial charge in [-0.1, -0.05) is 213 Å². The highest BCUT2D eigenvalue weighted by molar-refractivity contribution is 6.13. The normalized spacial score (nSPS) is 15.7. The van der Waals surface area contributed by atoms with Crippen LogP contribution in [0.15, 0.2) is 292 Å². The van der Waals surface area contributed by atoms with E-state index < -0.39 is 0 Å². The van der Waals surface area contributed by atoms with Gasteiger partial charge in [0, 0.05) is 66.1 Å². The zero-order chi connectivity index (χ0) is 77.3. The first-order valence-electron chi connectivity index (χ1n) is 40.9. The zero-order valence-corrected chi connectivity index (χ0v) is 66.0. The molecule has 0 atom stereocenters. The minimum Gasteiger partial charge on any atom is -0.435 e. The predicted molar refractivity (Wildman–Crippen MR) is 469 cm³/mol. The van der Waals surface area contributed by atoms with Gasteiger partial charge in [0.2, 0.25) is 22.8 Å². The van der Waals surface area contributed by atoms with Gasteiger partial charge in [0.15, 0.2) is 24.8 Å². The van der Waals surface area contributed by atoms with E-state index in [-0.39, 0.29) is 21.7 Å². The van der Waals surface area contributed by atoms with Crippen LogP contribution in [0.4, 0.5) is 0 Å². The van der Waals surface area contributed by atoms with Gasteiger partial charge in [-0.25, -0.2) is 0 Å². The fraction of sp³-hybridized carbons (Fsp3) is 0.148. The zero-order valence-electron chi connectivity index (χ0n) is 66.0. The first kappa shape index (κ1) is 65.9. The molecule has 4 aromatic heterocycles. The fourth-order valence-corrected chi connectivity index (χ4v) is 22.5. The van der Waals surface area contributed by atoms with Crippen LogP contribution >= 0.6 is 0 Å². The van der Waals surface area contributed by atoms with Crippen LogP contribution < -0.4 is 37.2 Å². The fourth-order valence-electron chi connectivity index (χ4n) is 22.5. The average Bonchev–Trinajstić information content (AvgIpc) is 1.54. The molecule has 20 aromatic rings. The van der Waals surface area contributed by atoms with E-state index in [1.54, 1.807) is 0 Å². The van der Waals surface area contributed by atoms with Crippen LogP contribution in [0.3, 0.4) is 0 Å². The molecule has 0 spiro atoms. The monoisotopic (exact) mass is 1500 g/mol. The second-order valence-corrected chi connectivity index (χ2v) is 35.4. The van der Waals surface area contributed by atoms with Crippen molar-refractivity contribution in [2.45, 2.75) is 104 Å². The summed E-state index contributed by atoms with van der Waals surface area (Å²) in [5.41, 5.74) is 21.4. The standard InChI is InChI=1S/C31H22NO.2C27H20NO.C23H18NO/c1-31(2)28-24-13-20-9-5-3-7-18(20)11-22(24)15-26-27(28)30-29(31)25-14-21-10-6-4-8-19(21)12-23(25)16-32(30)17-33-26;2*1-27(2)24-21-12-17-8-4-3-7-16(17)11-19(21)13-22-23(24)26-25(27)20-10-6-5-9-18(20)14-28(26)15-29-22;1-23(2)18-8-5-9-24-13-25-19-12-16-10-14-6-3-4-7-15(14)11-17(16)21(23)20(19)22(18)24/h3-16H,17H2,1-2H3;2*3-14H,15H2,1-2H3;3-12H,13H2,1-2H3/q4*+1. The molecule has 4 aliphatic heterocycles. The van der Waals surface area contributed by atoms with Crippen LogP contribution in [0.2, 0.25) is 0 Å². The Balaban J connectivity index is 0.0000000870. The lowest BCUT2D eigenvalue weighted by Crippen LogP contribution is -2.41. The number of pyridine rings is 4. The highest BCUT2D eigenvalue weighted by atomic mass is 16.5. The van der Waals surface area contributed by atoms with Crippen LogP contribution in [-0.4, -0.2) is 0 Å². The van der Waals surface area contributed by atoms with Crippen molar-refractivity contribution in [3.05, 3.63) is 336 Å². The largest absolute Gasteiger partial charge is 0.435 e. The van der Waals surface area contributed by atoms with Gasteiger partial charge in [-0.2, -0.15) is 18.3 Å². The maximum atomic E-state index is 6.38. The quantitative estimate of drug-likeness (QED) is 0.112. The second kappa shape index (κ2) is 23.1. The Morgan fingerprint density at radius 1 is 0.207 bits per heavy atom. The topological polar surface area (TPSA) is 52.4 Å². The van der Waals surface area contributed by atoms with E-state index in [0.29, 0.717) is 26.9 Å². The van der Waals surface area contributed by atoms with E-state index in [1.165, 1.54) is 219 Å². The number of ether oxygens (including phenoxy) is 4. The van der Waals surface area contributed by atoms with Gasteiger partial charge in [0.1, 0.15) is 23.0 Å². The van der Waals surface area contributed by atoms with E-state index in [0.717, 1.165) is 23.0 Å². The van der Waals surface area contributed by atoms with Gasteiger partial charge in [-0.15, -0.1) is 0 Å². The number of benzene rings is 16. The molecular formula is C108H80N4O4+4. The minimum absolute atomic E-state index is 0.0297. The van der Waals surface area contributed by atoms with Gasteiger partial charge in [-0.3, -0.25) is 0 Å². The number of hydrogen-bond acceptors (Lipinski definition) is 4. The van der Waals surface area contributed by atoms with E-state index in [2.05, 4.69) is 365 Å². The Bertz CT molecular complexity index is 7610. The van der Waals surface area contributed by atoms with Crippen LogP contribution in [-0.2, 0) is 48.6 Å². The van der Waals surface area contributed by atoms with Crippen molar-refractivity contribution >= 4 is 129 Å². The van der Waals surface area contributed by atoms with Crippen molar-refractivity contribution in [2.24, 2.45) is 0 Å². The van der Waals surface area contributed by atoms with Crippen LogP contribution in [0.1, 0.15) is 99.9 Å². The molecule has 8 heteroatoms. The molecule has 552 valence electrons. The summed E-state index contributed by atoms with van der Waals surface area (Å²) < 4.78 is 34.2. The molecule has 8 nitrogen and oxygen atoms in total. The molecule has 0 N–H and O–H groups in total. The van der Waals surface area contributed by atoms with Crippen molar-refractivity contribution in [3.8, 4) is 68.0 Å². The number of hydrogen-bond donors (Lipinski definition) is 0. The highest BCUT2D eigenvalue weighted by Gasteiger charge is 2.52. The Kier molecular flexibility index (Phi) is 13.1. The number of fused-ring (bicyclic) bond motifs is 19. The van der Waals surface area contributed by atoms with Crippen molar-refractivity contribution in [3.63, 3.8) is 0 Å². The summed E-state index contributed by atoms with van der Waals surface area (Å²) >= 11 is 0. The Labute approximate surface area is 670 Å². The van der Waals surface area contributed by atoms with Crippen LogP contribution in [0.25, 0.3) is 174 Å².